The Balaban J connectivity index is 1.71. The second kappa shape index (κ2) is 6.95. The molecule has 0 unspecified atom stereocenters. The molecule has 0 saturated carbocycles. The molecule has 5 rings (SSSR count). The summed E-state index contributed by atoms with van der Waals surface area (Å²) in [5.74, 6) is 1.17. The molecular weight excluding hydrogens is 458 g/mol. The lowest BCUT2D eigenvalue weighted by Crippen LogP contribution is -2.36. The number of rotatable bonds is 3. The van der Waals surface area contributed by atoms with Crippen LogP contribution >= 0.6 is 15.9 Å². The molecule has 0 saturated heterocycles. The van der Waals surface area contributed by atoms with E-state index in [-0.39, 0.29) is 29.9 Å². The summed E-state index contributed by atoms with van der Waals surface area (Å²) in [4.78, 5) is 14.8. The van der Waals surface area contributed by atoms with Crippen LogP contribution < -0.4 is 18.9 Å². The molecule has 2 aromatic rings. The van der Waals surface area contributed by atoms with E-state index in [0.29, 0.717) is 22.8 Å². The number of hydrogen-bond donors (Lipinski definition) is 1. The molecule has 0 radical (unpaired) electrons. The minimum absolute atomic E-state index is 0.114. The van der Waals surface area contributed by atoms with Crippen LogP contribution in [0.25, 0.3) is 0 Å². The molecule has 3 aliphatic rings. The second-order valence-electron chi connectivity index (χ2n) is 7.39. The first-order chi connectivity index (χ1) is 14.5. The number of ether oxygens (including phenoxy) is 5. The number of methoxy groups -OCH3 is 2. The zero-order chi connectivity index (χ0) is 21.2. The van der Waals surface area contributed by atoms with Gasteiger partial charge in [-0.1, -0.05) is 6.07 Å². The summed E-state index contributed by atoms with van der Waals surface area (Å²) in [6.07, 6.45) is 0.131. The molecule has 30 heavy (non-hydrogen) atoms. The SMILES string of the molecule is COc1ccc2c(c1O)C(=O)O[C@@H]2[C@H]1c2c(c(Br)c3c(c2OC)OCO3)CCN1C. The van der Waals surface area contributed by atoms with Gasteiger partial charge in [0.2, 0.25) is 12.5 Å². The highest BCUT2D eigenvalue weighted by molar-refractivity contribution is 9.10. The van der Waals surface area contributed by atoms with Crippen molar-refractivity contribution in [1.29, 1.82) is 0 Å². The summed E-state index contributed by atoms with van der Waals surface area (Å²) < 4.78 is 28.9. The van der Waals surface area contributed by atoms with Crippen LogP contribution in [0, 0.1) is 0 Å². The molecular formula is C21H20BrNO7. The van der Waals surface area contributed by atoms with Crippen molar-refractivity contribution in [2.45, 2.75) is 18.6 Å². The van der Waals surface area contributed by atoms with Crippen LogP contribution in [0.5, 0.6) is 28.7 Å². The number of phenolic OH excluding ortho intramolecular Hbond substituents is 1. The third-order valence-corrected chi connectivity index (χ3v) is 6.81. The molecule has 0 aliphatic carbocycles. The lowest BCUT2D eigenvalue weighted by molar-refractivity contribution is 0.00871. The predicted octanol–water partition coefficient (Wildman–Crippen LogP) is 3.34. The van der Waals surface area contributed by atoms with E-state index in [1.807, 2.05) is 7.05 Å². The van der Waals surface area contributed by atoms with Crippen molar-refractivity contribution >= 4 is 21.9 Å². The molecule has 0 bridgehead atoms. The highest BCUT2D eigenvalue weighted by Crippen LogP contribution is 2.57. The molecule has 0 spiro atoms. The monoisotopic (exact) mass is 477 g/mol. The number of halogens is 1. The van der Waals surface area contributed by atoms with Gasteiger partial charge in [-0.25, -0.2) is 4.79 Å². The number of hydrogen-bond acceptors (Lipinski definition) is 8. The predicted molar refractivity (Wildman–Crippen MR) is 109 cm³/mol. The second-order valence-corrected chi connectivity index (χ2v) is 8.18. The van der Waals surface area contributed by atoms with E-state index in [1.165, 1.54) is 7.11 Å². The third-order valence-electron chi connectivity index (χ3n) is 5.97. The first-order valence-corrected chi connectivity index (χ1v) is 10.3. The van der Waals surface area contributed by atoms with Crippen LogP contribution in [0.1, 0.15) is 39.2 Å². The summed E-state index contributed by atoms with van der Waals surface area (Å²) in [7, 11) is 5.00. The van der Waals surface area contributed by atoms with E-state index in [9.17, 15) is 9.90 Å². The van der Waals surface area contributed by atoms with E-state index in [0.717, 1.165) is 28.6 Å². The fourth-order valence-electron chi connectivity index (χ4n) is 4.59. The Morgan fingerprint density at radius 2 is 1.97 bits per heavy atom. The molecule has 0 aromatic heterocycles. The molecule has 0 amide bonds. The van der Waals surface area contributed by atoms with Crippen molar-refractivity contribution in [3.05, 3.63) is 38.9 Å². The first kappa shape index (κ1) is 19.3. The highest BCUT2D eigenvalue weighted by Gasteiger charge is 2.46. The lowest BCUT2D eigenvalue weighted by atomic mass is 9.85. The summed E-state index contributed by atoms with van der Waals surface area (Å²) in [6, 6.07) is 3.06. The Hall–Kier alpha value is -2.65. The van der Waals surface area contributed by atoms with Gasteiger partial charge in [0, 0.05) is 17.7 Å². The van der Waals surface area contributed by atoms with Crippen LogP contribution in [0.4, 0.5) is 0 Å². The summed E-state index contributed by atoms with van der Waals surface area (Å²) in [6.45, 7) is 0.854. The Morgan fingerprint density at radius 3 is 2.70 bits per heavy atom. The lowest BCUT2D eigenvalue weighted by Gasteiger charge is -2.39. The number of cyclic esters (lactones) is 1. The number of aromatic hydroxyl groups is 1. The number of likely N-dealkylation sites (N-methyl/N-ethyl adjacent to an activating group) is 1. The summed E-state index contributed by atoms with van der Waals surface area (Å²) in [5, 5.41) is 10.5. The van der Waals surface area contributed by atoms with Crippen LogP contribution in [0.2, 0.25) is 0 Å². The van der Waals surface area contributed by atoms with Crippen molar-refractivity contribution in [3.63, 3.8) is 0 Å². The third kappa shape index (κ3) is 2.51. The summed E-state index contributed by atoms with van der Waals surface area (Å²) >= 11 is 3.67. The van der Waals surface area contributed by atoms with E-state index in [4.69, 9.17) is 23.7 Å². The number of carbonyl (C=O) groups excluding carboxylic acids is 1. The average molecular weight is 478 g/mol. The van der Waals surface area contributed by atoms with Crippen LogP contribution in [-0.2, 0) is 11.2 Å². The fourth-order valence-corrected chi connectivity index (χ4v) is 5.30. The summed E-state index contributed by atoms with van der Waals surface area (Å²) in [5.41, 5.74) is 2.65. The van der Waals surface area contributed by atoms with Gasteiger partial charge in [0.05, 0.1) is 24.7 Å². The Bertz CT molecular complexity index is 1070. The van der Waals surface area contributed by atoms with E-state index in [1.54, 1.807) is 19.2 Å². The van der Waals surface area contributed by atoms with Crippen molar-refractivity contribution in [3.8, 4) is 28.7 Å². The zero-order valence-corrected chi connectivity index (χ0v) is 18.2. The van der Waals surface area contributed by atoms with E-state index < -0.39 is 12.1 Å². The van der Waals surface area contributed by atoms with Gasteiger partial charge in [-0.3, -0.25) is 4.90 Å². The van der Waals surface area contributed by atoms with Gasteiger partial charge >= 0.3 is 5.97 Å². The average Bonchev–Trinajstić information content (AvgIpc) is 3.34. The highest BCUT2D eigenvalue weighted by atomic mass is 79.9. The Kier molecular flexibility index (Phi) is 4.48. The van der Waals surface area contributed by atoms with Crippen LogP contribution in [-0.4, -0.2) is 50.6 Å². The van der Waals surface area contributed by atoms with E-state index in [2.05, 4.69) is 20.8 Å². The molecule has 3 aliphatic heterocycles. The number of nitrogens with zero attached hydrogens (tertiary/aromatic N) is 1. The van der Waals surface area contributed by atoms with Gasteiger partial charge < -0.3 is 28.8 Å². The molecule has 2 atom stereocenters. The maximum atomic E-state index is 12.7. The quantitative estimate of drug-likeness (QED) is 0.673. The molecule has 1 N–H and O–H groups in total. The molecule has 2 aromatic carbocycles. The van der Waals surface area contributed by atoms with Crippen LogP contribution in [0.15, 0.2) is 16.6 Å². The van der Waals surface area contributed by atoms with Gasteiger partial charge in [-0.05, 0) is 41.0 Å². The normalized spacial score (nSPS) is 21.8. The Labute approximate surface area is 181 Å². The van der Waals surface area contributed by atoms with Crippen molar-refractivity contribution < 1.29 is 33.6 Å². The zero-order valence-electron chi connectivity index (χ0n) is 16.7. The molecule has 0 fully saturated rings. The van der Waals surface area contributed by atoms with Gasteiger partial charge in [-0.15, -0.1) is 0 Å². The number of carbonyl (C=O) groups is 1. The molecule has 158 valence electrons. The van der Waals surface area contributed by atoms with E-state index >= 15 is 0 Å². The minimum atomic E-state index is -0.630. The van der Waals surface area contributed by atoms with Crippen molar-refractivity contribution in [1.82, 2.24) is 4.90 Å². The minimum Gasteiger partial charge on any atom is -0.504 e. The molecule has 9 heteroatoms. The number of phenols is 1. The number of fused-ring (bicyclic) bond motifs is 3. The Morgan fingerprint density at radius 1 is 1.20 bits per heavy atom. The number of esters is 1. The van der Waals surface area contributed by atoms with Crippen LogP contribution in [0.3, 0.4) is 0 Å². The standard InChI is InChI=1S/C21H20BrNO7/c1-23-7-6-9-12(18(27-3)20-19(14(9)22)28-8-29-20)15(23)17-10-4-5-11(26-2)16(24)13(10)21(25)30-17/h4-5,15,17,24H,6-8H2,1-3H3/t15-,17+/m1/s1. The smallest absolute Gasteiger partial charge is 0.343 e. The fraction of sp³-hybridized carbons (Fsp3) is 0.381. The topological polar surface area (TPSA) is 86.7 Å². The molecule has 8 nitrogen and oxygen atoms in total. The number of benzene rings is 2. The maximum absolute atomic E-state index is 12.7. The maximum Gasteiger partial charge on any atom is 0.343 e. The largest absolute Gasteiger partial charge is 0.504 e. The van der Waals surface area contributed by atoms with Gasteiger partial charge in [0.25, 0.3) is 0 Å². The van der Waals surface area contributed by atoms with Gasteiger partial charge in [0.15, 0.2) is 23.0 Å². The van der Waals surface area contributed by atoms with Gasteiger partial charge in [-0.2, -0.15) is 0 Å². The molecule has 3 heterocycles. The van der Waals surface area contributed by atoms with Crippen molar-refractivity contribution in [2.24, 2.45) is 0 Å². The van der Waals surface area contributed by atoms with Gasteiger partial charge in [0.1, 0.15) is 11.7 Å². The van der Waals surface area contributed by atoms with Crippen molar-refractivity contribution in [2.75, 3.05) is 34.6 Å². The first-order valence-electron chi connectivity index (χ1n) is 9.46.